The van der Waals surface area contributed by atoms with E-state index in [-0.39, 0.29) is 17.3 Å². The van der Waals surface area contributed by atoms with E-state index in [4.69, 9.17) is 11.6 Å². The van der Waals surface area contributed by atoms with Gasteiger partial charge in [-0.3, -0.25) is 13.9 Å². The fraction of sp³-hybridized carbons (Fsp3) is 0.355. The highest BCUT2D eigenvalue weighted by Gasteiger charge is 2.33. The SMILES string of the molecule is CCCCNC(=O)[C@@H](C)N(Cc1cccc(C)c1)C(=O)CN(c1ccc(Cl)cc1C)S(=O)(=O)c1ccc(C)cc1. The monoisotopic (exact) mass is 583 g/mol. The Hall–Kier alpha value is -3.36. The molecule has 7 nitrogen and oxygen atoms in total. The van der Waals surface area contributed by atoms with Gasteiger partial charge >= 0.3 is 0 Å². The first-order valence-electron chi connectivity index (χ1n) is 13.4. The highest BCUT2D eigenvalue weighted by atomic mass is 35.5. The topological polar surface area (TPSA) is 86.8 Å². The molecular weight excluding hydrogens is 546 g/mol. The Morgan fingerprint density at radius 1 is 0.950 bits per heavy atom. The van der Waals surface area contributed by atoms with Gasteiger partial charge in [-0.15, -0.1) is 0 Å². The van der Waals surface area contributed by atoms with Gasteiger partial charge in [0.15, 0.2) is 0 Å². The van der Waals surface area contributed by atoms with E-state index >= 15 is 0 Å². The van der Waals surface area contributed by atoms with Crippen LogP contribution in [0.4, 0.5) is 5.69 Å². The van der Waals surface area contributed by atoms with E-state index in [1.165, 1.54) is 17.0 Å². The van der Waals surface area contributed by atoms with Gasteiger partial charge in [0.05, 0.1) is 10.6 Å². The molecule has 3 aromatic carbocycles. The van der Waals surface area contributed by atoms with E-state index in [0.717, 1.165) is 33.8 Å². The lowest BCUT2D eigenvalue weighted by atomic mass is 10.1. The third kappa shape index (κ3) is 7.86. The van der Waals surface area contributed by atoms with Crippen molar-refractivity contribution in [2.75, 3.05) is 17.4 Å². The number of benzene rings is 3. The standard InChI is InChI=1S/C31H38ClN3O4S/c1-6-7-17-33-31(37)25(5)34(20-26-10-8-9-23(3)18-26)30(36)21-35(29-16-13-27(32)19-24(29)4)40(38,39)28-14-11-22(2)12-15-28/h8-16,18-19,25H,6-7,17,20-21H2,1-5H3,(H,33,37)/t25-/m1/s1. The van der Waals surface area contributed by atoms with Crippen molar-refractivity contribution < 1.29 is 18.0 Å². The van der Waals surface area contributed by atoms with Gasteiger partial charge in [0, 0.05) is 18.1 Å². The number of unbranched alkanes of at least 4 members (excludes halogenated alkanes) is 1. The van der Waals surface area contributed by atoms with Crippen molar-refractivity contribution in [1.82, 2.24) is 10.2 Å². The van der Waals surface area contributed by atoms with Gasteiger partial charge in [0.2, 0.25) is 11.8 Å². The van der Waals surface area contributed by atoms with Crippen molar-refractivity contribution in [3.05, 3.63) is 94.0 Å². The third-order valence-corrected chi connectivity index (χ3v) is 8.76. The molecule has 2 amide bonds. The number of carbonyl (C=O) groups excluding carboxylic acids is 2. The second kappa shape index (κ2) is 13.8. The zero-order valence-corrected chi connectivity index (χ0v) is 25.3. The summed E-state index contributed by atoms with van der Waals surface area (Å²) >= 11 is 6.17. The Balaban J connectivity index is 2.04. The molecule has 0 fully saturated rings. The number of amides is 2. The molecule has 1 atom stereocenters. The second-order valence-corrected chi connectivity index (χ2v) is 12.4. The minimum Gasteiger partial charge on any atom is -0.354 e. The van der Waals surface area contributed by atoms with E-state index in [9.17, 15) is 18.0 Å². The van der Waals surface area contributed by atoms with Gasteiger partial charge in [0.1, 0.15) is 12.6 Å². The molecular formula is C31H38ClN3O4S. The van der Waals surface area contributed by atoms with E-state index in [0.29, 0.717) is 22.8 Å². The van der Waals surface area contributed by atoms with Crippen molar-refractivity contribution >= 4 is 39.1 Å². The number of sulfonamides is 1. The van der Waals surface area contributed by atoms with E-state index < -0.39 is 28.5 Å². The van der Waals surface area contributed by atoms with Gasteiger partial charge < -0.3 is 10.2 Å². The quantitative estimate of drug-likeness (QED) is 0.273. The molecule has 0 heterocycles. The van der Waals surface area contributed by atoms with Crippen LogP contribution in [0.15, 0.2) is 71.6 Å². The highest BCUT2D eigenvalue weighted by Crippen LogP contribution is 2.29. The number of carbonyl (C=O) groups is 2. The molecule has 9 heteroatoms. The van der Waals surface area contributed by atoms with E-state index in [2.05, 4.69) is 5.32 Å². The predicted molar refractivity (Wildman–Crippen MR) is 161 cm³/mol. The maximum atomic E-state index is 14.0. The molecule has 40 heavy (non-hydrogen) atoms. The van der Waals surface area contributed by atoms with Crippen LogP contribution in [0.5, 0.6) is 0 Å². The Kier molecular flexibility index (Phi) is 10.8. The van der Waals surface area contributed by atoms with Crippen LogP contribution in [0, 0.1) is 20.8 Å². The van der Waals surface area contributed by atoms with Gasteiger partial charge in [-0.25, -0.2) is 8.42 Å². The Bertz CT molecular complexity index is 1440. The molecule has 0 unspecified atom stereocenters. The van der Waals surface area contributed by atoms with Gasteiger partial charge in [0.25, 0.3) is 10.0 Å². The van der Waals surface area contributed by atoms with Crippen molar-refractivity contribution in [3.63, 3.8) is 0 Å². The number of hydrogen-bond acceptors (Lipinski definition) is 4. The summed E-state index contributed by atoms with van der Waals surface area (Å²) in [5.41, 5.74) is 3.72. The van der Waals surface area contributed by atoms with Crippen LogP contribution in [0.25, 0.3) is 0 Å². The lowest BCUT2D eigenvalue weighted by molar-refractivity contribution is -0.139. The summed E-state index contributed by atoms with van der Waals surface area (Å²) < 4.78 is 29.0. The smallest absolute Gasteiger partial charge is 0.264 e. The number of aryl methyl sites for hydroxylation is 3. The Morgan fingerprint density at radius 3 is 2.27 bits per heavy atom. The van der Waals surface area contributed by atoms with Crippen LogP contribution in [0.2, 0.25) is 5.02 Å². The summed E-state index contributed by atoms with van der Waals surface area (Å²) in [4.78, 5) is 28.6. The molecule has 0 saturated carbocycles. The van der Waals surface area contributed by atoms with Crippen LogP contribution < -0.4 is 9.62 Å². The highest BCUT2D eigenvalue weighted by molar-refractivity contribution is 7.92. The summed E-state index contributed by atoms with van der Waals surface area (Å²) in [6.07, 6.45) is 1.75. The first-order chi connectivity index (χ1) is 18.9. The maximum Gasteiger partial charge on any atom is 0.264 e. The van der Waals surface area contributed by atoms with Crippen LogP contribution in [-0.4, -0.2) is 44.3 Å². The zero-order valence-electron chi connectivity index (χ0n) is 23.8. The molecule has 0 aromatic heterocycles. The molecule has 1 N–H and O–H groups in total. The number of hydrogen-bond donors (Lipinski definition) is 1. The zero-order chi connectivity index (χ0) is 29.4. The first kappa shape index (κ1) is 31.2. The first-order valence-corrected chi connectivity index (χ1v) is 15.2. The number of anilines is 1. The lowest BCUT2D eigenvalue weighted by Gasteiger charge is -2.32. The van der Waals surface area contributed by atoms with Crippen LogP contribution in [0.1, 0.15) is 48.9 Å². The van der Waals surface area contributed by atoms with Crippen molar-refractivity contribution in [2.24, 2.45) is 0 Å². The fourth-order valence-corrected chi connectivity index (χ4v) is 6.08. The van der Waals surface area contributed by atoms with Crippen molar-refractivity contribution in [2.45, 2.75) is 64.9 Å². The van der Waals surface area contributed by atoms with Crippen LogP contribution >= 0.6 is 11.6 Å². The molecule has 3 rings (SSSR count). The number of nitrogens with zero attached hydrogens (tertiary/aromatic N) is 2. The number of nitrogens with one attached hydrogen (secondary N) is 1. The molecule has 214 valence electrons. The second-order valence-electron chi connectivity index (χ2n) is 10.1. The van der Waals surface area contributed by atoms with Gasteiger partial charge in [-0.2, -0.15) is 0 Å². The molecule has 0 saturated heterocycles. The number of rotatable bonds is 12. The molecule has 0 bridgehead atoms. The van der Waals surface area contributed by atoms with E-state index in [1.54, 1.807) is 44.2 Å². The molecule has 0 aliphatic heterocycles. The summed E-state index contributed by atoms with van der Waals surface area (Å²) in [7, 11) is -4.14. The predicted octanol–water partition coefficient (Wildman–Crippen LogP) is 5.79. The summed E-state index contributed by atoms with van der Waals surface area (Å²) in [6, 6.07) is 18.2. The van der Waals surface area contributed by atoms with Crippen LogP contribution in [-0.2, 0) is 26.2 Å². The molecule has 0 spiro atoms. The molecule has 0 aliphatic carbocycles. The van der Waals surface area contributed by atoms with E-state index in [1.807, 2.05) is 45.0 Å². The fourth-order valence-electron chi connectivity index (χ4n) is 4.38. The Labute approximate surface area is 243 Å². The minimum atomic E-state index is -4.14. The third-order valence-electron chi connectivity index (χ3n) is 6.75. The van der Waals surface area contributed by atoms with Crippen LogP contribution in [0.3, 0.4) is 0 Å². The summed E-state index contributed by atoms with van der Waals surface area (Å²) in [6.45, 7) is 9.44. The maximum absolute atomic E-state index is 14.0. The average molecular weight is 584 g/mol. The lowest BCUT2D eigenvalue weighted by Crippen LogP contribution is -2.51. The largest absolute Gasteiger partial charge is 0.354 e. The van der Waals surface area contributed by atoms with Gasteiger partial charge in [-0.1, -0.05) is 72.5 Å². The summed E-state index contributed by atoms with van der Waals surface area (Å²) in [5, 5.41) is 3.36. The number of halogens is 1. The van der Waals surface area contributed by atoms with Crippen molar-refractivity contribution in [3.8, 4) is 0 Å². The molecule has 0 radical (unpaired) electrons. The average Bonchev–Trinajstić information content (AvgIpc) is 2.90. The minimum absolute atomic E-state index is 0.0656. The molecule has 0 aliphatic rings. The van der Waals surface area contributed by atoms with Crippen molar-refractivity contribution in [1.29, 1.82) is 0 Å². The normalized spacial score (nSPS) is 12.1. The van der Waals surface area contributed by atoms with Gasteiger partial charge in [-0.05, 0) is 75.6 Å². The Morgan fingerprint density at radius 2 is 1.65 bits per heavy atom. The molecule has 3 aromatic rings. The summed E-state index contributed by atoms with van der Waals surface area (Å²) in [5.74, 6) is -0.783.